The lowest BCUT2D eigenvalue weighted by atomic mass is 10.1. The number of nitrogens with zero attached hydrogens (tertiary/aromatic N) is 1. The highest BCUT2D eigenvalue weighted by Crippen LogP contribution is 2.20. The van der Waals surface area contributed by atoms with Gasteiger partial charge in [-0.2, -0.15) is 0 Å². The first-order valence-electron chi connectivity index (χ1n) is 8.56. The Hall–Kier alpha value is -2.11. The normalized spacial score (nSPS) is 14.5. The summed E-state index contributed by atoms with van der Waals surface area (Å²) in [5, 5.41) is 5.84. The highest BCUT2D eigenvalue weighted by molar-refractivity contribution is 5.83. The summed E-state index contributed by atoms with van der Waals surface area (Å²) >= 11 is 0. The van der Waals surface area contributed by atoms with E-state index >= 15 is 0 Å². The van der Waals surface area contributed by atoms with Crippen LogP contribution in [0.2, 0.25) is 0 Å². The molecule has 6 heteroatoms. The highest BCUT2D eigenvalue weighted by atomic mass is 16.5. The van der Waals surface area contributed by atoms with Crippen LogP contribution in [0.15, 0.2) is 6.07 Å². The lowest BCUT2D eigenvalue weighted by Crippen LogP contribution is -2.33. The van der Waals surface area contributed by atoms with Gasteiger partial charge in [-0.3, -0.25) is 9.59 Å². The van der Waals surface area contributed by atoms with E-state index in [-0.39, 0.29) is 24.7 Å². The summed E-state index contributed by atoms with van der Waals surface area (Å²) in [7, 11) is 1.57. The van der Waals surface area contributed by atoms with Gasteiger partial charge in [-0.05, 0) is 38.3 Å². The number of carbonyl (C=O) groups excluding carboxylic acids is 2. The van der Waals surface area contributed by atoms with Crippen molar-refractivity contribution in [3.8, 4) is 5.88 Å². The van der Waals surface area contributed by atoms with Gasteiger partial charge in [0.25, 0.3) is 0 Å². The monoisotopic (exact) mass is 333 g/mol. The highest BCUT2D eigenvalue weighted by Gasteiger charge is 2.17. The van der Waals surface area contributed by atoms with Gasteiger partial charge in [0.05, 0.1) is 7.11 Å². The second-order valence-corrected chi connectivity index (χ2v) is 6.39. The van der Waals surface area contributed by atoms with Crippen molar-refractivity contribution in [1.29, 1.82) is 0 Å². The first-order chi connectivity index (χ1) is 11.5. The van der Waals surface area contributed by atoms with Crippen molar-refractivity contribution in [2.75, 3.05) is 7.11 Å². The fraction of sp³-hybridized carbons (Fsp3) is 0.611. The molecule has 0 atom stereocenters. The molecule has 1 aromatic heterocycles. The van der Waals surface area contributed by atoms with Crippen molar-refractivity contribution in [3.05, 3.63) is 22.9 Å². The molecule has 1 saturated carbocycles. The van der Waals surface area contributed by atoms with Crippen molar-refractivity contribution in [3.63, 3.8) is 0 Å². The summed E-state index contributed by atoms with van der Waals surface area (Å²) in [6.45, 7) is 4.22. The van der Waals surface area contributed by atoms with E-state index in [1.165, 1.54) is 12.8 Å². The number of hydrogen-bond donors (Lipinski definition) is 2. The van der Waals surface area contributed by atoms with Crippen LogP contribution in [-0.4, -0.2) is 29.9 Å². The molecule has 1 heterocycles. The number of rotatable bonds is 7. The number of methoxy groups -OCH3 is 1. The summed E-state index contributed by atoms with van der Waals surface area (Å²) in [5.41, 5.74) is 2.77. The van der Waals surface area contributed by atoms with E-state index < -0.39 is 0 Å². The van der Waals surface area contributed by atoms with Crippen LogP contribution in [0.5, 0.6) is 5.88 Å². The molecule has 2 rings (SSSR count). The minimum absolute atomic E-state index is 0.0391. The van der Waals surface area contributed by atoms with E-state index in [4.69, 9.17) is 4.74 Å². The van der Waals surface area contributed by atoms with Crippen LogP contribution in [0.3, 0.4) is 0 Å². The number of hydrogen-bond acceptors (Lipinski definition) is 4. The molecule has 0 spiro atoms. The van der Waals surface area contributed by atoms with Crippen LogP contribution < -0.4 is 15.4 Å². The Morgan fingerprint density at radius 2 is 1.88 bits per heavy atom. The first kappa shape index (κ1) is 18.2. The fourth-order valence-electron chi connectivity index (χ4n) is 3.09. The number of carbonyl (C=O) groups is 2. The van der Waals surface area contributed by atoms with E-state index in [1.54, 1.807) is 7.11 Å². The SMILES string of the molecule is COc1nc(C)cc(C)c1CNC(=O)CCC(=O)NC1CCCC1. The van der Waals surface area contributed by atoms with Crippen LogP contribution in [0, 0.1) is 13.8 Å². The van der Waals surface area contributed by atoms with Gasteiger partial charge >= 0.3 is 0 Å². The number of aromatic nitrogens is 1. The third-order valence-electron chi connectivity index (χ3n) is 4.39. The van der Waals surface area contributed by atoms with E-state index in [0.29, 0.717) is 18.5 Å². The van der Waals surface area contributed by atoms with Crippen LogP contribution in [0.4, 0.5) is 0 Å². The molecule has 132 valence electrons. The Kier molecular flexibility index (Phi) is 6.58. The van der Waals surface area contributed by atoms with Crippen molar-refractivity contribution < 1.29 is 14.3 Å². The van der Waals surface area contributed by atoms with Crippen molar-refractivity contribution >= 4 is 11.8 Å². The lowest BCUT2D eigenvalue weighted by molar-refractivity contribution is -0.126. The second kappa shape index (κ2) is 8.66. The van der Waals surface area contributed by atoms with E-state index in [1.807, 2.05) is 19.9 Å². The summed E-state index contributed by atoms with van der Waals surface area (Å²) in [6.07, 6.45) is 4.88. The van der Waals surface area contributed by atoms with Crippen molar-refractivity contribution in [1.82, 2.24) is 15.6 Å². The lowest BCUT2D eigenvalue weighted by Gasteiger charge is -2.13. The van der Waals surface area contributed by atoms with Crippen LogP contribution in [-0.2, 0) is 16.1 Å². The Labute approximate surface area is 143 Å². The zero-order valence-corrected chi connectivity index (χ0v) is 14.8. The smallest absolute Gasteiger partial charge is 0.220 e. The molecular weight excluding hydrogens is 306 g/mol. The van der Waals surface area contributed by atoms with E-state index in [0.717, 1.165) is 29.7 Å². The van der Waals surface area contributed by atoms with Crippen LogP contribution in [0.25, 0.3) is 0 Å². The van der Waals surface area contributed by atoms with Crippen LogP contribution >= 0.6 is 0 Å². The van der Waals surface area contributed by atoms with E-state index in [9.17, 15) is 9.59 Å². The number of nitrogens with one attached hydrogen (secondary N) is 2. The summed E-state index contributed by atoms with van der Waals surface area (Å²) in [6, 6.07) is 2.25. The van der Waals surface area contributed by atoms with Gasteiger partial charge in [-0.25, -0.2) is 4.98 Å². The predicted octanol–water partition coefficient (Wildman–Crippen LogP) is 2.16. The molecule has 1 fully saturated rings. The van der Waals surface area contributed by atoms with Gasteiger partial charge in [0.2, 0.25) is 17.7 Å². The van der Waals surface area contributed by atoms with Gasteiger partial charge in [-0.1, -0.05) is 12.8 Å². The maximum Gasteiger partial charge on any atom is 0.220 e. The molecule has 1 aromatic rings. The fourth-order valence-corrected chi connectivity index (χ4v) is 3.09. The Balaban J connectivity index is 1.78. The number of amides is 2. The van der Waals surface area contributed by atoms with Crippen LogP contribution in [0.1, 0.15) is 55.3 Å². The maximum atomic E-state index is 12.0. The molecule has 2 amide bonds. The largest absolute Gasteiger partial charge is 0.481 e. The molecule has 0 bridgehead atoms. The number of ether oxygens (including phenoxy) is 1. The molecule has 2 N–H and O–H groups in total. The minimum atomic E-state index is -0.140. The predicted molar refractivity (Wildman–Crippen MR) is 91.7 cm³/mol. The topological polar surface area (TPSA) is 80.3 Å². The third-order valence-corrected chi connectivity index (χ3v) is 4.39. The summed E-state index contributed by atoms with van der Waals surface area (Å²) < 4.78 is 5.29. The molecule has 1 aliphatic rings. The molecule has 0 aliphatic heterocycles. The third kappa shape index (κ3) is 5.22. The quantitative estimate of drug-likeness (QED) is 0.801. The second-order valence-electron chi connectivity index (χ2n) is 6.39. The number of pyridine rings is 1. The van der Waals surface area contributed by atoms with Gasteiger partial charge in [0, 0.05) is 36.7 Å². The zero-order valence-electron chi connectivity index (χ0n) is 14.8. The molecule has 0 saturated heterocycles. The minimum Gasteiger partial charge on any atom is -0.481 e. The molecule has 0 radical (unpaired) electrons. The molecule has 24 heavy (non-hydrogen) atoms. The first-order valence-corrected chi connectivity index (χ1v) is 8.56. The average Bonchev–Trinajstić information content (AvgIpc) is 3.04. The van der Waals surface area contributed by atoms with Crippen molar-refractivity contribution in [2.45, 2.75) is 65.0 Å². The summed E-state index contributed by atoms with van der Waals surface area (Å²) in [5.74, 6) is 0.355. The van der Waals surface area contributed by atoms with Gasteiger partial charge in [0.1, 0.15) is 0 Å². The van der Waals surface area contributed by atoms with Gasteiger partial charge in [0.15, 0.2) is 0 Å². The Morgan fingerprint density at radius 3 is 2.54 bits per heavy atom. The van der Waals surface area contributed by atoms with E-state index in [2.05, 4.69) is 15.6 Å². The standard InChI is InChI=1S/C18H27N3O3/c1-12-10-13(2)20-18(24-3)15(12)11-19-16(22)8-9-17(23)21-14-6-4-5-7-14/h10,14H,4-9,11H2,1-3H3,(H,19,22)(H,21,23). The summed E-state index contributed by atoms with van der Waals surface area (Å²) in [4.78, 5) is 28.2. The number of aryl methyl sites for hydroxylation is 2. The molecule has 1 aliphatic carbocycles. The maximum absolute atomic E-state index is 12.0. The molecular formula is C18H27N3O3. The zero-order chi connectivity index (χ0) is 17.5. The van der Waals surface area contributed by atoms with Gasteiger partial charge < -0.3 is 15.4 Å². The average molecular weight is 333 g/mol. The van der Waals surface area contributed by atoms with Gasteiger partial charge in [-0.15, -0.1) is 0 Å². The molecule has 0 unspecified atom stereocenters. The Bertz CT molecular complexity index is 595. The van der Waals surface area contributed by atoms with Crippen molar-refractivity contribution in [2.24, 2.45) is 0 Å². The molecule has 0 aromatic carbocycles. The Morgan fingerprint density at radius 1 is 1.21 bits per heavy atom. The molecule has 6 nitrogen and oxygen atoms in total.